The lowest BCUT2D eigenvalue weighted by Crippen LogP contribution is -2.53. The highest BCUT2D eigenvalue weighted by Crippen LogP contribution is 2.20. The Bertz CT molecular complexity index is 614. The Morgan fingerprint density at radius 2 is 2.00 bits per heavy atom. The van der Waals surface area contributed by atoms with Crippen LogP contribution in [0.15, 0.2) is 24.3 Å². The summed E-state index contributed by atoms with van der Waals surface area (Å²) in [6, 6.07) is 6.05. The highest BCUT2D eigenvalue weighted by atomic mass is 16.5. The molecule has 0 aromatic heterocycles. The van der Waals surface area contributed by atoms with Crippen molar-refractivity contribution in [2.24, 2.45) is 0 Å². The smallest absolute Gasteiger partial charge is 0.328 e. The molecule has 0 spiro atoms. The van der Waals surface area contributed by atoms with Crippen LogP contribution in [0.5, 0.6) is 0 Å². The number of carbonyl (C=O) groups is 3. The van der Waals surface area contributed by atoms with Gasteiger partial charge in [0.1, 0.15) is 0 Å². The molecule has 0 unspecified atom stereocenters. The van der Waals surface area contributed by atoms with Gasteiger partial charge >= 0.3 is 5.97 Å². The fourth-order valence-electron chi connectivity index (χ4n) is 2.69. The minimum absolute atomic E-state index is 0.00637. The van der Waals surface area contributed by atoms with Gasteiger partial charge in [0.15, 0.2) is 6.04 Å². The second-order valence-corrected chi connectivity index (χ2v) is 5.88. The molecular weight excluding hydrogens is 312 g/mol. The molecule has 2 rings (SSSR count). The van der Waals surface area contributed by atoms with E-state index in [0.717, 1.165) is 11.1 Å². The van der Waals surface area contributed by atoms with Gasteiger partial charge in [0.25, 0.3) is 0 Å². The number of carboxylic acid groups (broad SMARTS) is 1. The number of aliphatic carboxylic acids is 1. The van der Waals surface area contributed by atoms with E-state index in [-0.39, 0.29) is 31.4 Å². The van der Waals surface area contributed by atoms with E-state index in [0.29, 0.717) is 6.61 Å². The van der Waals surface area contributed by atoms with Gasteiger partial charge in [-0.25, -0.2) is 4.79 Å². The lowest BCUT2D eigenvalue weighted by atomic mass is 10.0. The van der Waals surface area contributed by atoms with Crippen LogP contribution >= 0.6 is 0 Å². The molecule has 1 aliphatic heterocycles. The molecule has 0 radical (unpaired) electrons. The summed E-state index contributed by atoms with van der Waals surface area (Å²) in [6.07, 6.45) is 0.00637. The Morgan fingerprint density at radius 1 is 1.33 bits per heavy atom. The van der Waals surface area contributed by atoms with Crippen LogP contribution in [-0.4, -0.2) is 53.6 Å². The summed E-state index contributed by atoms with van der Waals surface area (Å²) in [4.78, 5) is 36.7. The first-order valence-electron chi connectivity index (χ1n) is 7.82. The van der Waals surface area contributed by atoms with Crippen LogP contribution in [0.4, 0.5) is 0 Å². The number of carboxylic acids is 1. The van der Waals surface area contributed by atoms with E-state index in [1.807, 2.05) is 31.2 Å². The number of hydrogen-bond acceptors (Lipinski definition) is 4. The number of nitrogens with one attached hydrogen (secondary N) is 1. The van der Waals surface area contributed by atoms with Crippen molar-refractivity contribution in [3.05, 3.63) is 35.4 Å². The third-order valence-electron chi connectivity index (χ3n) is 3.97. The largest absolute Gasteiger partial charge is 0.480 e. The molecule has 0 bridgehead atoms. The first-order valence-corrected chi connectivity index (χ1v) is 7.82. The maximum atomic E-state index is 12.6. The van der Waals surface area contributed by atoms with Crippen LogP contribution in [-0.2, 0) is 19.1 Å². The van der Waals surface area contributed by atoms with Crippen molar-refractivity contribution in [1.82, 2.24) is 10.2 Å². The Labute approximate surface area is 140 Å². The molecule has 2 N–H and O–H groups in total. The fourth-order valence-corrected chi connectivity index (χ4v) is 2.69. The van der Waals surface area contributed by atoms with Crippen molar-refractivity contribution in [1.29, 1.82) is 0 Å². The average Bonchev–Trinajstić information content (AvgIpc) is 2.54. The van der Waals surface area contributed by atoms with Crippen molar-refractivity contribution in [2.75, 3.05) is 19.8 Å². The van der Waals surface area contributed by atoms with Crippen molar-refractivity contribution >= 4 is 17.8 Å². The minimum Gasteiger partial charge on any atom is -0.480 e. The summed E-state index contributed by atoms with van der Waals surface area (Å²) >= 11 is 0. The Kier molecular flexibility index (Phi) is 5.92. The molecule has 0 saturated carbocycles. The van der Waals surface area contributed by atoms with E-state index in [9.17, 15) is 19.5 Å². The predicted molar refractivity (Wildman–Crippen MR) is 86.3 cm³/mol. The van der Waals surface area contributed by atoms with E-state index >= 15 is 0 Å². The third kappa shape index (κ3) is 4.55. The maximum absolute atomic E-state index is 12.6. The number of amides is 2. The molecule has 0 aliphatic carbocycles. The summed E-state index contributed by atoms with van der Waals surface area (Å²) < 4.78 is 5.15. The molecule has 1 fully saturated rings. The summed E-state index contributed by atoms with van der Waals surface area (Å²) in [7, 11) is 0. The topological polar surface area (TPSA) is 95.9 Å². The number of rotatable bonds is 5. The van der Waals surface area contributed by atoms with Crippen LogP contribution in [0.1, 0.15) is 30.5 Å². The van der Waals surface area contributed by atoms with Crippen molar-refractivity contribution in [3.8, 4) is 0 Å². The van der Waals surface area contributed by atoms with Gasteiger partial charge in [-0.1, -0.05) is 29.8 Å². The molecular formula is C17H22N2O5. The molecule has 1 heterocycles. The van der Waals surface area contributed by atoms with Gasteiger partial charge in [-0.15, -0.1) is 0 Å². The predicted octanol–water partition coefficient (Wildman–Crippen LogP) is 0.874. The highest BCUT2D eigenvalue weighted by Gasteiger charge is 2.33. The number of hydrogen-bond donors (Lipinski definition) is 2. The zero-order valence-electron chi connectivity index (χ0n) is 13.8. The molecule has 1 aromatic rings. The zero-order valence-corrected chi connectivity index (χ0v) is 13.8. The number of benzene rings is 1. The van der Waals surface area contributed by atoms with E-state index in [4.69, 9.17) is 4.74 Å². The Morgan fingerprint density at radius 3 is 2.58 bits per heavy atom. The molecule has 24 heavy (non-hydrogen) atoms. The number of morpholine rings is 1. The molecule has 2 amide bonds. The molecule has 130 valence electrons. The normalized spacial score (nSPS) is 18.8. The van der Waals surface area contributed by atoms with Crippen LogP contribution < -0.4 is 5.32 Å². The van der Waals surface area contributed by atoms with Gasteiger partial charge in [0, 0.05) is 13.5 Å². The Hall–Kier alpha value is -2.41. The first-order chi connectivity index (χ1) is 11.4. The van der Waals surface area contributed by atoms with Crippen molar-refractivity contribution in [2.45, 2.75) is 32.4 Å². The summed E-state index contributed by atoms with van der Waals surface area (Å²) in [5.74, 6) is -1.65. The monoisotopic (exact) mass is 334 g/mol. The van der Waals surface area contributed by atoms with Gasteiger partial charge < -0.3 is 20.1 Å². The van der Waals surface area contributed by atoms with Gasteiger partial charge in [-0.3, -0.25) is 9.59 Å². The van der Waals surface area contributed by atoms with Gasteiger partial charge in [0.2, 0.25) is 11.8 Å². The molecule has 7 heteroatoms. The minimum atomic E-state index is -1.09. The zero-order chi connectivity index (χ0) is 17.7. The van der Waals surface area contributed by atoms with Crippen LogP contribution in [0.25, 0.3) is 0 Å². The standard InChI is InChI=1S/C17H22N2O5/c1-11-3-5-13(6-4-11)14(18-12(2)20)9-16(21)19-7-8-24-10-15(19)17(22)23/h3-6,14-15H,7-10H2,1-2H3,(H,18,20)(H,22,23)/t14-,15-/m1/s1. The quantitative estimate of drug-likeness (QED) is 0.833. The summed E-state index contributed by atoms with van der Waals surface area (Å²) in [5.41, 5.74) is 1.88. The van der Waals surface area contributed by atoms with E-state index < -0.39 is 18.1 Å². The lowest BCUT2D eigenvalue weighted by molar-refractivity contribution is -0.158. The lowest BCUT2D eigenvalue weighted by Gasteiger charge is -2.34. The Balaban J connectivity index is 2.15. The molecule has 1 aliphatic rings. The molecule has 1 saturated heterocycles. The maximum Gasteiger partial charge on any atom is 0.328 e. The van der Waals surface area contributed by atoms with Crippen molar-refractivity contribution in [3.63, 3.8) is 0 Å². The van der Waals surface area contributed by atoms with Gasteiger partial charge in [-0.2, -0.15) is 0 Å². The number of carbonyl (C=O) groups excluding carboxylic acids is 2. The molecule has 1 aromatic carbocycles. The second-order valence-electron chi connectivity index (χ2n) is 5.88. The van der Waals surface area contributed by atoms with Gasteiger partial charge in [0.05, 0.1) is 25.7 Å². The van der Waals surface area contributed by atoms with E-state index in [2.05, 4.69) is 5.32 Å². The third-order valence-corrected chi connectivity index (χ3v) is 3.97. The van der Waals surface area contributed by atoms with Gasteiger partial charge in [-0.05, 0) is 12.5 Å². The number of aryl methyl sites for hydroxylation is 1. The number of nitrogens with zero attached hydrogens (tertiary/aromatic N) is 1. The van der Waals surface area contributed by atoms with E-state index in [1.165, 1.54) is 11.8 Å². The van der Waals surface area contributed by atoms with Crippen molar-refractivity contribution < 1.29 is 24.2 Å². The summed E-state index contributed by atoms with van der Waals surface area (Å²) in [6.45, 7) is 3.87. The molecule has 7 nitrogen and oxygen atoms in total. The average molecular weight is 334 g/mol. The van der Waals surface area contributed by atoms with Crippen LogP contribution in [0, 0.1) is 6.92 Å². The first kappa shape index (κ1) is 17.9. The van der Waals surface area contributed by atoms with Crippen LogP contribution in [0.2, 0.25) is 0 Å². The summed E-state index contributed by atoms with van der Waals surface area (Å²) in [5, 5.41) is 12.0. The van der Waals surface area contributed by atoms with E-state index in [1.54, 1.807) is 0 Å². The molecule has 2 atom stereocenters. The SMILES string of the molecule is CC(=O)N[C@H](CC(=O)N1CCOC[C@@H]1C(=O)O)c1ccc(C)cc1. The highest BCUT2D eigenvalue weighted by molar-refractivity contribution is 5.85. The second kappa shape index (κ2) is 7.92. The fraction of sp³-hybridized carbons (Fsp3) is 0.471. The number of ether oxygens (including phenoxy) is 1. The van der Waals surface area contributed by atoms with Crippen LogP contribution in [0.3, 0.4) is 0 Å².